The average molecular weight is 82.1 g/mol. The number of rotatable bonds is 0. The fourth-order valence-electron chi connectivity index (χ4n) is 0.215. The quantitative estimate of drug-likeness (QED) is 0.491. The van der Waals surface area contributed by atoms with Crippen LogP contribution in [0.1, 0.15) is 0 Å². The lowest BCUT2D eigenvalue weighted by Gasteiger charge is -1.46. The van der Waals surface area contributed by atoms with Crippen molar-refractivity contribution in [2.45, 2.75) is 0 Å². The van der Waals surface area contributed by atoms with Crippen LogP contribution in [-0.2, 0) is 0 Å². The molecule has 0 aliphatic rings. The van der Waals surface area contributed by atoms with Crippen molar-refractivity contribution in [1.29, 1.82) is 0 Å². The first-order valence-electron chi connectivity index (χ1n) is 1.43. The minimum atomic E-state index is 0. The summed E-state index contributed by atoms with van der Waals surface area (Å²) in [5, 5.41) is 0. The molecule has 1 rings (SSSR count). The summed E-state index contributed by atoms with van der Waals surface area (Å²) in [6, 6.07) is 0. The lowest BCUT2D eigenvalue weighted by atomic mass is 11.0. The van der Waals surface area contributed by atoms with Crippen molar-refractivity contribution >= 4 is 0 Å². The van der Waals surface area contributed by atoms with E-state index >= 15 is 0 Å². The molecule has 0 spiro atoms. The lowest BCUT2D eigenvalue weighted by molar-refractivity contribution is 1.31. The Hall–Kier alpha value is -0.790. The summed E-state index contributed by atoms with van der Waals surface area (Å²) >= 11 is 0. The summed E-state index contributed by atoms with van der Waals surface area (Å²) in [6.45, 7) is 0. The number of aromatic amines is 1. The van der Waals surface area contributed by atoms with Gasteiger partial charge in [0.05, 0.1) is 6.33 Å². The van der Waals surface area contributed by atoms with Gasteiger partial charge in [0.1, 0.15) is 0 Å². The highest BCUT2D eigenvalue weighted by Gasteiger charge is 1.56. The molecule has 2 radical (unpaired) electrons. The van der Waals surface area contributed by atoms with Gasteiger partial charge in [-0.15, -0.1) is 0 Å². The van der Waals surface area contributed by atoms with Crippen LogP contribution in [0.25, 0.3) is 0 Å². The molecule has 0 atom stereocenters. The van der Waals surface area contributed by atoms with E-state index in [-0.39, 0.29) is 7.43 Å². The Labute approximate surface area is 37.2 Å². The molecule has 0 saturated heterocycles. The maximum Gasteiger partial charge on any atom is 0.0919 e. The van der Waals surface area contributed by atoms with Gasteiger partial charge in [-0.1, -0.05) is 7.43 Å². The van der Waals surface area contributed by atoms with Gasteiger partial charge in [0.2, 0.25) is 0 Å². The van der Waals surface area contributed by atoms with E-state index in [4.69, 9.17) is 0 Å². The second-order valence-electron chi connectivity index (χ2n) is 0.761. The van der Waals surface area contributed by atoms with Crippen molar-refractivity contribution in [3.63, 3.8) is 0 Å². The predicted molar refractivity (Wildman–Crippen MR) is 23.9 cm³/mol. The van der Waals surface area contributed by atoms with Crippen LogP contribution in [-0.4, -0.2) is 9.97 Å². The zero-order chi connectivity index (χ0) is 3.54. The predicted octanol–water partition coefficient (Wildman–Crippen LogP) is 0.737. The minimum absolute atomic E-state index is 0. The van der Waals surface area contributed by atoms with Crippen molar-refractivity contribution in [3.05, 3.63) is 26.1 Å². The first-order chi connectivity index (χ1) is 2.50. The molecule has 0 aliphatic carbocycles. The SMILES string of the molecule is [CH2].c1c[nH]cn1. The molecule has 2 nitrogen and oxygen atoms in total. The van der Waals surface area contributed by atoms with Crippen LogP contribution in [0.3, 0.4) is 0 Å². The molecule has 0 saturated carbocycles. The van der Waals surface area contributed by atoms with Gasteiger partial charge in [0.15, 0.2) is 0 Å². The number of hydrogen-bond acceptors (Lipinski definition) is 1. The lowest BCUT2D eigenvalue weighted by Crippen LogP contribution is -1.44. The van der Waals surface area contributed by atoms with Crippen LogP contribution < -0.4 is 0 Å². The Kier molecular flexibility index (Phi) is 2.13. The molecule has 6 heavy (non-hydrogen) atoms. The molecule has 0 aromatic carbocycles. The third kappa shape index (κ3) is 0.885. The zero-order valence-electron chi connectivity index (χ0n) is 3.39. The van der Waals surface area contributed by atoms with Gasteiger partial charge in [-0.25, -0.2) is 4.98 Å². The Balaban J connectivity index is 0.000000250. The van der Waals surface area contributed by atoms with Crippen LogP contribution in [0, 0.1) is 7.43 Å². The third-order valence-electron chi connectivity index (χ3n) is 0.406. The summed E-state index contributed by atoms with van der Waals surface area (Å²) in [6.07, 6.45) is 5.08. The number of hydrogen-bond donors (Lipinski definition) is 1. The zero-order valence-corrected chi connectivity index (χ0v) is 3.39. The molecular formula is C4H6N2. The van der Waals surface area contributed by atoms with Crippen LogP contribution in [0.4, 0.5) is 0 Å². The van der Waals surface area contributed by atoms with E-state index in [9.17, 15) is 0 Å². The number of nitrogens with one attached hydrogen (secondary N) is 1. The molecule has 1 heterocycles. The normalized spacial score (nSPS) is 6.67. The Bertz CT molecular complexity index is 62.0. The molecule has 0 fully saturated rings. The van der Waals surface area contributed by atoms with Crippen molar-refractivity contribution in [2.75, 3.05) is 0 Å². The third-order valence-corrected chi connectivity index (χ3v) is 0.406. The van der Waals surface area contributed by atoms with E-state index in [0.29, 0.717) is 0 Å². The standard InChI is InChI=1S/C3H4N2.CH2/c1-2-5-3-4-1;/h1-3H,(H,4,5);1H2. The molecule has 1 N–H and O–H groups in total. The molecule has 0 bridgehead atoms. The van der Waals surface area contributed by atoms with Gasteiger partial charge < -0.3 is 4.98 Å². The molecule has 1 aromatic heterocycles. The van der Waals surface area contributed by atoms with Crippen molar-refractivity contribution in [1.82, 2.24) is 9.97 Å². The van der Waals surface area contributed by atoms with E-state index < -0.39 is 0 Å². The molecular weight excluding hydrogens is 76.1 g/mol. The van der Waals surface area contributed by atoms with Crippen LogP contribution in [0.15, 0.2) is 18.7 Å². The first kappa shape index (κ1) is 5.21. The first-order valence-corrected chi connectivity index (χ1v) is 1.43. The van der Waals surface area contributed by atoms with E-state index in [2.05, 4.69) is 9.97 Å². The smallest absolute Gasteiger partial charge is 0.0919 e. The molecule has 1 aromatic rings. The monoisotopic (exact) mass is 82.1 g/mol. The van der Waals surface area contributed by atoms with Gasteiger partial charge in [-0.3, -0.25) is 0 Å². The highest BCUT2D eigenvalue weighted by molar-refractivity contribution is 4.64. The van der Waals surface area contributed by atoms with Crippen LogP contribution in [0.5, 0.6) is 0 Å². The molecule has 2 heteroatoms. The minimum Gasteiger partial charge on any atom is -0.351 e. The van der Waals surface area contributed by atoms with Crippen molar-refractivity contribution in [3.8, 4) is 0 Å². The summed E-state index contributed by atoms with van der Waals surface area (Å²) in [5.41, 5.74) is 0. The van der Waals surface area contributed by atoms with E-state index in [1.807, 2.05) is 0 Å². The average Bonchev–Trinajstić information content (AvgIpc) is 1.76. The van der Waals surface area contributed by atoms with Gasteiger partial charge >= 0.3 is 0 Å². The largest absolute Gasteiger partial charge is 0.351 e. The fraction of sp³-hybridized carbons (Fsp3) is 0. The van der Waals surface area contributed by atoms with Crippen molar-refractivity contribution in [2.24, 2.45) is 0 Å². The summed E-state index contributed by atoms with van der Waals surface area (Å²) < 4.78 is 0. The van der Waals surface area contributed by atoms with Crippen LogP contribution in [0.2, 0.25) is 0 Å². The second kappa shape index (κ2) is 2.45. The van der Waals surface area contributed by atoms with E-state index in [1.54, 1.807) is 18.7 Å². The molecule has 32 valence electrons. The number of nitrogens with zero attached hydrogens (tertiary/aromatic N) is 1. The number of imidazole rings is 1. The number of H-pyrrole nitrogens is 1. The maximum absolute atomic E-state index is 3.67. The Morgan fingerprint density at radius 1 is 1.50 bits per heavy atom. The molecule has 0 unspecified atom stereocenters. The molecule has 0 amide bonds. The second-order valence-corrected chi connectivity index (χ2v) is 0.761. The maximum atomic E-state index is 3.67. The Morgan fingerprint density at radius 3 is 2.50 bits per heavy atom. The summed E-state index contributed by atoms with van der Waals surface area (Å²) in [5.74, 6) is 0. The van der Waals surface area contributed by atoms with E-state index in [1.165, 1.54) is 0 Å². The molecule has 0 aliphatic heterocycles. The van der Waals surface area contributed by atoms with Gasteiger partial charge in [0, 0.05) is 12.4 Å². The van der Waals surface area contributed by atoms with E-state index in [0.717, 1.165) is 0 Å². The topological polar surface area (TPSA) is 28.7 Å². The van der Waals surface area contributed by atoms with Crippen LogP contribution >= 0.6 is 0 Å². The summed E-state index contributed by atoms with van der Waals surface area (Å²) in [7, 11) is 0. The highest BCUT2D eigenvalue weighted by atomic mass is 14.8. The summed E-state index contributed by atoms with van der Waals surface area (Å²) in [4.78, 5) is 6.42. The Morgan fingerprint density at radius 2 is 2.33 bits per heavy atom. The van der Waals surface area contributed by atoms with Gasteiger partial charge in [0.25, 0.3) is 0 Å². The van der Waals surface area contributed by atoms with Gasteiger partial charge in [-0.05, 0) is 0 Å². The van der Waals surface area contributed by atoms with Crippen molar-refractivity contribution < 1.29 is 0 Å². The number of aromatic nitrogens is 2. The van der Waals surface area contributed by atoms with Gasteiger partial charge in [-0.2, -0.15) is 0 Å². The fourth-order valence-corrected chi connectivity index (χ4v) is 0.215. The highest BCUT2D eigenvalue weighted by Crippen LogP contribution is 1.62.